The highest BCUT2D eigenvalue weighted by atomic mass is 32.1. The number of nitrogens with one attached hydrogen (secondary N) is 1. The fourth-order valence-corrected chi connectivity index (χ4v) is 4.64. The topological polar surface area (TPSA) is 109 Å². The Morgan fingerprint density at radius 1 is 1.15 bits per heavy atom. The van der Waals surface area contributed by atoms with Gasteiger partial charge in [0.2, 0.25) is 5.88 Å². The minimum atomic E-state index is -0.849. The van der Waals surface area contributed by atoms with Gasteiger partial charge in [-0.25, -0.2) is 0 Å². The first-order valence-corrected chi connectivity index (χ1v) is 11.5. The highest BCUT2D eigenvalue weighted by Gasteiger charge is 2.38. The van der Waals surface area contributed by atoms with Crippen molar-refractivity contribution in [3.8, 4) is 23.1 Å². The van der Waals surface area contributed by atoms with Crippen LogP contribution in [0, 0.1) is 0 Å². The van der Waals surface area contributed by atoms with E-state index in [1.54, 1.807) is 18.2 Å². The van der Waals surface area contributed by atoms with E-state index in [-0.39, 0.29) is 40.7 Å². The molecule has 0 bridgehead atoms. The second-order valence-corrected chi connectivity index (χ2v) is 10.7. The van der Waals surface area contributed by atoms with Gasteiger partial charge in [-0.15, -0.1) is 0 Å². The van der Waals surface area contributed by atoms with Crippen molar-refractivity contribution in [1.29, 1.82) is 0 Å². The fraction of sp³-hybridized carbons (Fsp3) is 0.360. The molecule has 0 saturated heterocycles. The predicted molar refractivity (Wildman–Crippen MR) is 126 cm³/mol. The molecule has 0 spiro atoms. The second kappa shape index (κ2) is 8.26. The Kier molecular flexibility index (Phi) is 5.74. The number of aromatic amines is 1. The van der Waals surface area contributed by atoms with E-state index >= 15 is 0 Å². The van der Waals surface area contributed by atoms with E-state index in [2.05, 4.69) is 4.98 Å². The summed E-state index contributed by atoms with van der Waals surface area (Å²) in [4.78, 5) is 26.8. The fourth-order valence-electron chi connectivity index (χ4n) is 3.89. The van der Waals surface area contributed by atoms with Gasteiger partial charge in [-0.3, -0.25) is 14.6 Å². The van der Waals surface area contributed by atoms with Crippen LogP contribution in [0.1, 0.15) is 60.5 Å². The van der Waals surface area contributed by atoms with Crippen LogP contribution in [0.4, 0.5) is 0 Å². The molecule has 3 N–H and O–H groups in total. The Balaban J connectivity index is 1.46. The number of benzene rings is 2. The number of fused-ring (bicyclic) bond motifs is 1. The molecule has 0 fully saturated rings. The van der Waals surface area contributed by atoms with Crippen molar-refractivity contribution in [2.24, 2.45) is 0 Å². The number of Topliss-reactive ketones (excluding diaryl/α,β-unsaturated/α-hetero) is 1. The van der Waals surface area contributed by atoms with E-state index in [0.29, 0.717) is 33.9 Å². The molecule has 0 aliphatic carbocycles. The lowest BCUT2D eigenvalue weighted by Gasteiger charge is -2.35. The summed E-state index contributed by atoms with van der Waals surface area (Å²) in [6.07, 6.45) is 0.572. The lowest BCUT2D eigenvalue weighted by molar-refractivity contribution is 0.0188. The molecule has 8 heteroatoms. The van der Waals surface area contributed by atoms with Crippen LogP contribution in [0.2, 0.25) is 0 Å². The molecule has 2 heterocycles. The minimum absolute atomic E-state index is 0.0957. The van der Waals surface area contributed by atoms with E-state index in [0.717, 1.165) is 16.9 Å². The largest absolute Gasteiger partial charge is 0.508 e. The van der Waals surface area contributed by atoms with Crippen LogP contribution in [0.3, 0.4) is 0 Å². The Hall–Kier alpha value is -3.26. The van der Waals surface area contributed by atoms with Gasteiger partial charge in [0.05, 0.1) is 16.9 Å². The van der Waals surface area contributed by atoms with Crippen LogP contribution in [-0.4, -0.2) is 33.2 Å². The zero-order chi connectivity index (χ0) is 24.0. The van der Waals surface area contributed by atoms with E-state index < -0.39 is 5.60 Å². The summed E-state index contributed by atoms with van der Waals surface area (Å²) >= 11 is 0.983. The van der Waals surface area contributed by atoms with Crippen molar-refractivity contribution >= 4 is 17.1 Å². The zero-order valence-electron chi connectivity index (χ0n) is 19.0. The molecule has 33 heavy (non-hydrogen) atoms. The lowest BCUT2D eigenvalue weighted by atomic mass is 9.83. The van der Waals surface area contributed by atoms with Crippen molar-refractivity contribution in [2.75, 3.05) is 6.61 Å². The summed E-state index contributed by atoms with van der Waals surface area (Å²) in [5, 5.41) is 20.1. The number of hydrogen-bond acceptors (Lipinski definition) is 7. The minimum Gasteiger partial charge on any atom is -0.508 e. The molecule has 4 rings (SSSR count). The van der Waals surface area contributed by atoms with Crippen LogP contribution in [0.15, 0.2) is 41.2 Å². The summed E-state index contributed by atoms with van der Waals surface area (Å²) in [6, 6.07) is 10.6. The number of phenolic OH excluding ortho intramolecular Hbond substituents is 1. The summed E-state index contributed by atoms with van der Waals surface area (Å²) in [5.41, 5.74) is 0.876. The third kappa shape index (κ3) is 4.90. The highest BCUT2D eigenvalue weighted by molar-refractivity contribution is 7.09. The number of thiazole rings is 1. The summed E-state index contributed by atoms with van der Waals surface area (Å²) in [6.45, 7) is 7.97. The Morgan fingerprint density at radius 3 is 2.45 bits per heavy atom. The van der Waals surface area contributed by atoms with Gasteiger partial charge in [0.1, 0.15) is 29.5 Å². The normalized spacial score (nSPS) is 18.0. The summed E-state index contributed by atoms with van der Waals surface area (Å²) in [7, 11) is 0. The van der Waals surface area contributed by atoms with Gasteiger partial charge in [0, 0.05) is 12.0 Å². The average molecular weight is 470 g/mol. The zero-order valence-corrected chi connectivity index (χ0v) is 19.8. The molecule has 1 atom stereocenters. The molecule has 2 aromatic carbocycles. The molecule has 1 aliphatic heterocycles. The SMILES string of the molecule is CC1(COc2ccc(Cc3sc(=O)[nH]c3O)cc2)CC(=O)c2cc(O)c(C(C)(C)C)cc2O1. The molecule has 1 aliphatic rings. The van der Waals surface area contributed by atoms with Crippen molar-refractivity contribution < 1.29 is 24.5 Å². The van der Waals surface area contributed by atoms with Gasteiger partial charge in [-0.2, -0.15) is 0 Å². The molecular formula is C25H27NO6S. The number of aromatic nitrogens is 1. The van der Waals surface area contributed by atoms with E-state index in [1.165, 1.54) is 6.07 Å². The average Bonchev–Trinajstić information content (AvgIpc) is 3.03. The van der Waals surface area contributed by atoms with Gasteiger partial charge in [0.15, 0.2) is 5.78 Å². The first-order chi connectivity index (χ1) is 15.4. The van der Waals surface area contributed by atoms with Crippen molar-refractivity contribution in [3.63, 3.8) is 0 Å². The highest BCUT2D eigenvalue weighted by Crippen LogP contribution is 2.41. The van der Waals surface area contributed by atoms with Crippen LogP contribution in [-0.2, 0) is 11.8 Å². The number of rotatable bonds is 5. The third-order valence-electron chi connectivity index (χ3n) is 5.63. The van der Waals surface area contributed by atoms with Crippen LogP contribution in [0.5, 0.6) is 23.1 Å². The molecule has 7 nitrogen and oxygen atoms in total. The van der Waals surface area contributed by atoms with Gasteiger partial charge < -0.3 is 19.7 Å². The van der Waals surface area contributed by atoms with Gasteiger partial charge in [-0.1, -0.05) is 44.2 Å². The molecule has 0 radical (unpaired) electrons. The van der Waals surface area contributed by atoms with Gasteiger partial charge in [0.25, 0.3) is 0 Å². The third-order valence-corrected chi connectivity index (χ3v) is 6.50. The molecule has 0 amide bonds. The van der Waals surface area contributed by atoms with Gasteiger partial charge in [-0.05, 0) is 42.2 Å². The van der Waals surface area contributed by atoms with Crippen LogP contribution < -0.4 is 14.3 Å². The lowest BCUT2D eigenvalue weighted by Crippen LogP contribution is -2.44. The number of phenols is 1. The molecule has 1 unspecified atom stereocenters. The number of ketones is 1. The Bertz CT molecular complexity index is 1250. The molecule has 174 valence electrons. The predicted octanol–water partition coefficient (Wildman–Crippen LogP) is 4.54. The van der Waals surface area contributed by atoms with Gasteiger partial charge >= 0.3 is 4.87 Å². The number of carbonyl (C=O) groups is 1. The van der Waals surface area contributed by atoms with Crippen LogP contribution >= 0.6 is 11.3 Å². The number of carbonyl (C=O) groups excluding carboxylic acids is 1. The molecule has 0 saturated carbocycles. The Labute approximate surface area is 195 Å². The standard InChI is InChI=1S/C25H27NO6S/c1-24(2,3)17-11-20-16(10-18(17)27)19(28)12-25(4,32-20)13-31-15-7-5-14(6-8-15)9-21-22(29)26-23(30)33-21/h5-8,10-11,27,29H,9,12-13H2,1-4H3,(H,26,30). The van der Waals surface area contributed by atoms with E-state index in [9.17, 15) is 19.8 Å². The van der Waals surface area contributed by atoms with Crippen molar-refractivity contribution in [3.05, 3.63) is 67.6 Å². The maximum atomic E-state index is 12.8. The molecule has 1 aromatic heterocycles. The number of H-pyrrole nitrogens is 1. The monoisotopic (exact) mass is 469 g/mol. The first-order valence-electron chi connectivity index (χ1n) is 10.7. The van der Waals surface area contributed by atoms with E-state index in [4.69, 9.17) is 9.47 Å². The maximum Gasteiger partial charge on any atom is 0.307 e. The number of ether oxygens (including phenoxy) is 2. The smallest absolute Gasteiger partial charge is 0.307 e. The van der Waals surface area contributed by atoms with E-state index in [1.807, 2.05) is 39.8 Å². The maximum absolute atomic E-state index is 12.8. The summed E-state index contributed by atoms with van der Waals surface area (Å²) < 4.78 is 12.1. The summed E-state index contributed by atoms with van der Waals surface area (Å²) in [5.74, 6) is 0.979. The molecule has 3 aromatic rings. The first kappa shape index (κ1) is 22.9. The molecular weight excluding hydrogens is 442 g/mol. The Morgan fingerprint density at radius 2 is 1.85 bits per heavy atom. The number of aromatic hydroxyl groups is 2. The quantitative estimate of drug-likeness (QED) is 0.506. The van der Waals surface area contributed by atoms with Crippen molar-refractivity contribution in [1.82, 2.24) is 4.98 Å². The second-order valence-electron chi connectivity index (χ2n) is 9.66. The number of hydrogen-bond donors (Lipinski definition) is 3. The van der Waals surface area contributed by atoms with Crippen LogP contribution in [0.25, 0.3) is 0 Å². The van der Waals surface area contributed by atoms with Crippen molar-refractivity contribution in [2.45, 2.75) is 51.6 Å².